The van der Waals surface area contributed by atoms with Gasteiger partial charge in [0.2, 0.25) is 0 Å². The van der Waals surface area contributed by atoms with Gasteiger partial charge in [-0.25, -0.2) is 0 Å². The Bertz CT molecular complexity index is 601. The summed E-state index contributed by atoms with van der Waals surface area (Å²) in [7, 11) is 1.53. The Morgan fingerprint density at radius 1 is 1.32 bits per heavy atom. The van der Waals surface area contributed by atoms with Crippen LogP contribution in [0.2, 0.25) is 5.02 Å². The first kappa shape index (κ1) is 13.1. The maximum absolute atomic E-state index is 11.9. The van der Waals surface area contributed by atoms with Crippen LogP contribution in [0.5, 0.6) is 5.75 Å². The summed E-state index contributed by atoms with van der Waals surface area (Å²) in [5, 5.41) is 10.3. The second-order valence-corrected chi connectivity index (χ2v) is 4.05. The van der Waals surface area contributed by atoms with Gasteiger partial charge in [-0.3, -0.25) is 4.79 Å². The highest BCUT2D eigenvalue weighted by atomic mass is 35.5. The van der Waals surface area contributed by atoms with E-state index in [0.29, 0.717) is 16.5 Å². The van der Waals surface area contributed by atoms with Crippen LogP contribution in [0.4, 0.5) is 11.5 Å². The van der Waals surface area contributed by atoms with E-state index < -0.39 is 5.91 Å². The van der Waals surface area contributed by atoms with E-state index in [0.717, 1.165) is 0 Å². The molecule has 98 valence electrons. The van der Waals surface area contributed by atoms with Crippen LogP contribution < -0.4 is 15.8 Å². The number of aromatic nitrogens is 2. The number of anilines is 2. The van der Waals surface area contributed by atoms with Gasteiger partial charge in [0, 0.05) is 6.07 Å². The summed E-state index contributed by atoms with van der Waals surface area (Å²) in [6, 6.07) is 7.91. The number of carbonyl (C=O) groups is 1. The Morgan fingerprint density at radius 2 is 2.11 bits per heavy atom. The van der Waals surface area contributed by atoms with Crippen molar-refractivity contribution in [2.75, 3.05) is 18.2 Å². The largest absolute Gasteiger partial charge is 0.497 e. The van der Waals surface area contributed by atoms with Crippen LogP contribution in [0.3, 0.4) is 0 Å². The van der Waals surface area contributed by atoms with Crippen molar-refractivity contribution in [1.82, 2.24) is 10.2 Å². The van der Waals surface area contributed by atoms with Crippen LogP contribution >= 0.6 is 11.6 Å². The number of ether oxygens (including phenoxy) is 1. The van der Waals surface area contributed by atoms with Gasteiger partial charge in [-0.15, -0.1) is 10.2 Å². The van der Waals surface area contributed by atoms with Crippen molar-refractivity contribution >= 4 is 29.0 Å². The molecule has 1 amide bonds. The van der Waals surface area contributed by atoms with Crippen LogP contribution in [0.1, 0.15) is 10.5 Å². The van der Waals surface area contributed by atoms with Crippen molar-refractivity contribution in [2.24, 2.45) is 0 Å². The first-order valence-electron chi connectivity index (χ1n) is 5.34. The summed E-state index contributed by atoms with van der Waals surface area (Å²) in [5.74, 6) is 0.404. The number of nitrogen functional groups attached to an aromatic ring is 1. The Balaban J connectivity index is 2.21. The molecule has 0 bridgehead atoms. The predicted molar refractivity (Wildman–Crippen MR) is 72.4 cm³/mol. The standard InChI is InChI=1S/C12H11ClN4O2/c1-19-7-2-3-8(13)10(6-7)15-12(18)9-4-5-11(14)17-16-9/h2-6H,1H3,(H2,14,17)(H,15,18). The summed E-state index contributed by atoms with van der Waals surface area (Å²) in [6.07, 6.45) is 0. The van der Waals surface area contributed by atoms with Crippen LogP contribution in [-0.2, 0) is 0 Å². The molecular formula is C12H11ClN4O2. The third-order valence-electron chi connectivity index (χ3n) is 2.34. The summed E-state index contributed by atoms with van der Waals surface area (Å²) in [4.78, 5) is 11.9. The molecule has 1 heterocycles. The maximum Gasteiger partial charge on any atom is 0.276 e. The molecule has 0 aliphatic heterocycles. The molecule has 19 heavy (non-hydrogen) atoms. The second-order valence-electron chi connectivity index (χ2n) is 3.64. The lowest BCUT2D eigenvalue weighted by molar-refractivity contribution is 0.102. The van der Waals surface area contributed by atoms with Crippen LogP contribution in [0, 0.1) is 0 Å². The van der Waals surface area contributed by atoms with E-state index in [1.165, 1.54) is 19.2 Å². The van der Waals surface area contributed by atoms with E-state index in [-0.39, 0.29) is 11.5 Å². The van der Waals surface area contributed by atoms with E-state index in [2.05, 4.69) is 15.5 Å². The molecule has 0 aliphatic carbocycles. The zero-order chi connectivity index (χ0) is 13.8. The minimum absolute atomic E-state index is 0.146. The van der Waals surface area contributed by atoms with Crippen molar-refractivity contribution in [3.8, 4) is 5.75 Å². The number of carbonyl (C=O) groups excluding carboxylic acids is 1. The molecule has 0 saturated heterocycles. The van der Waals surface area contributed by atoms with Crippen molar-refractivity contribution in [2.45, 2.75) is 0 Å². The van der Waals surface area contributed by atoms with Crippen molar-refractivity contribution < 1.29 is 9.53 Å². The van der Waals surface area contributed by atoms with Crippen molar-refractivity contribution in [3.05, 3.63) is 41.0 Å². The van der Waals surface area contributed by atoms with Gasteiger partial charge < -0.3 is 15.8 Å². The van der Waals surface area contributed by atoms with Gasteiger partial charge in [-0.2, -0.15) is 0 Å². The SMILES string of the molecule is COc1ccc(Cl)c(NC(=O)c2ccc(N)nn2)c1. The molecule has 0 spiro atoms. The number of hydrogen-bond donors (Lipinski definition) is 2. The maximum atomic E-state index is 11.9. The molecule has 0 radical (unpaired) electrons. The van der Waals surface area contributed by atoms with E-state index in [1.807, 2.05) is 0 Å². The fourth-order valence-electron chi connectivity index (χ4n) is 1.38. The zero-order valence-electron chi connectivity index (χ0n) is 10.1. The highest BCUT2D eigenvalue weighted by Gasteiger charge is 2.11. The molecule has 0 fully saturated rings. The molecule has 2 rings (SSSR count). The van der Waals surface area contributed by atoms with E-state index >= 15 is 0 Å². The molecule has 0 unspecified atom stereocenters. The first-order valence-corrected chi connectivity index (χ1v) is 5.72. The van der Waals surface area contributed by atoms with Gasteiger partial charge in [-0.1, -0.05) is 11.6 Å². The number of nitrogens with one attached hydrogen (secondary N) is 1. The van der Waals surface area contributed by atoms with Crippen molar-refractivity contribution in [3.63, 3.8) is 0 Å². The lowest BCUT2D eigenvalue weighted by Crippen LogP contribution is -2.15. The monoisotopic (exact) mass is 278 g/mol. The van der Waals surface area contributed by atoms with Crippen LogP contribution in [0.25, 0.3) is 0 Å². The van der Waals surface area contributed by atoms with E-state index in [1.54, 1.807) is 18.2 Å². The topological polar surface area (TPSA) is 90.1 Å². The Labute approximate surface area is 114 Å². The van der Waals surface area contributed by atoms with Crippen molar-refractivity contribution in [1.29, 1.82) is 0 Å². The molecule has 1 aromatic heterocycles. The number of benzene rings is 1. The minimum atomic E-state index is -0.428. The molecule has 0 atom stereocenters. The Kier molecular flexibility index (Phi) is 3.82. The van der Waals surface area contributed by atoms with Gasteiger partial charge >= 0.3 is 0 Å². The van der Waals surface area contributed by atoms with Crippen LogP contribution in [0.15, 0.2) is 30.3 Å². The second kappa shape index (κ2) is 5.53. The quantitative estimate of drug-likeness (QED) is 0.896. The molecular weight excluding hydrogens is 268 g/mol. The molecule has 0 aliphatic rings. The fraction of sp³-hybridized carbons (Fsp3) is 0.0833. The number of nitrogens with two attached hydrogens (primary N) is 1. The number of rotatable bonds is 3. The smallest absolute Gasteiger partial charge is 0.276 e. The highest BCUT2D eigenvalue weighted by Crippen LogP contribution is 2.26. The number of amides is 1. The normalized spacial score (nSPS) is 10.0. The Hall–Kier alpha value is -2.34. The summed E-state index contributed by atoms with van der Waals surface area (Å²) < 4.78 is 5.06. The van der Waals surface area contributed by atoms with Gasteiger partial charge in [0.1, 0.15) is 11.6 Å². The summed E-state index contributed by atoms with van der Waals surface area (Å²) in [5.41, 5.74) is 5.98. The van der Waals surface area contributed by atoms with Gasteiger partial charge in [0.25, 0.3) is 5.91 Å². The zero-order valence-corrected chi connectivity index (χ0v) is 10.8. The Morgan fingerprint density at radius 3 is 2.74 bits per heavy atom. The first-order chi connectivity index (χ1) is 9.10. The van der Waals surface area contributed by atoms with Gasteiger partial charge in [-0.05, 0) is 24.3 Å². The molecule has 0 saturated carbocycles. The lowest BCUT2D eigenvalue weighted by Gasteiger charge is -2.08. The fourth-order valence-corrected chi connectivity index (χ4v) is 1.54. The molecule has 2 aromatic rings. The summed E-state index contributed by atoms with van der Waals surface area (Å²) >= 11 is 5.98. The molecule has 3 N–H and O–H groups in total. The number of methoxy groups -OCH3 is 1. The molecule has 7 heteroatoms. The third-order valence-corrected chi connectivity index (χ3v) is 2.67. The summed E-state index contributed by atoms with van der Waals surface area (Å²) in [6.45, 7) is 0. The number of nitrogens with zero attached hydrogens (tertiary/aromatic N) is 2. The molecule has 1 aromatic carbocycles. The lowest BCUT2D eigenvalue weighted by atomic mass is 10.2. The molecule has 6 nitrogen and oxygen atoms in total. The van der Waals surface area contributed by atoms with Crippen LogP contribution in [-0.4, -0.2) is 23.2 Å². The highest BCUT2D eigenvalue weighted by molar-refractivity contribution is 6.34. The van der Waals surface area contributed by atoms with Gasteiger partial charge in [0.05, 0.1) is 17.8 Å². The predicted octanol–water partition coefficient (Wildman–Crippen LogP) is 1.97. The average Bonchev–Trinajstić information content (AvgIpc) is 2.42. The number of hydrogen-bond acceptors (Lipinski definition) is 5. The minimum Gasteiger partial charge on any atom is -0.497 e. The average molecular weight is 279 g/mol. The number of halogens is 1. The third kappa shape index (κ3) is 3.11. The van der Waals surface area contributed by atoms with E-state index in [9.17, 15) is 4.79 Å². The van der Waals surface area contributed by atoms with E-state index in [4.69, 9.17) is 22.1 Å². The van der Waals surface area contributed by atoms with Gasteiger partial charge in [0.15, 0.2) is 5.69 Å².